The van der Waals surface area contributed by atoms with Gasteiger partial charge in [0.15, 0.2) is 51.9 Å². The summed E-state index contributed by atoms with van der Waals surface area (Å²) >= 11 is 0.772. The summed E-state index contributed by atoms with van der Waals surface area (Å²) in [6, 6.07) is 7.07. The molecule has 0 amide bonds. The molecule has 1 aliphatic rings. The summed E-state index contributed by atoms with van der Waals surface area (Å²) in [6.45, 7) is 4.03. The Balaban J connectivity index is 1.60. The second-order valence-electron chi connectivity index (χ2n) is 6.44. The van der Waals surface area contributed by atoms with E-state index >= 15 is 0 Å². The van der Waals surface area contributed by atoms with Gasteiger partial charge in [-0.1, -0.05) is 30.0 Å². The van der Waals surface area contributed by atoms with Gasteiger partial charge < -0.3 is 9.47 Å². The Morgan fingerprint density at radius 2 is 1.65 bits per heavy atom. The molecule has 1 aromatic heterocycles. The van der Waals surface area contributed by atoms with Crippen molar-refractivity contribution < 1.29 is 31.4 Å². The highest BCUT2D eigenvalue weighted by Gasteiger charge is 2.29. The Labute approximate surface area is 177 Å². The molecule has 0 aliphatic carbocycles. The highest BCUT2D eigenvalue weighted by Crippen LogP contribution is 2.36. The van der Waals surface area contributed by atoms with Crippen LogP contribution in [-0.2, 0) is 12.3 Å². The first-order valence-corrected chi connectivity index (χ1v) is 9.96. The van der Waals surface area contributed by atoms with Crippen LogP contribution in [0.2, 0.25) is 0 Å². The quantitative estimate of drug-likeness (QED) is 0.173. The molecule has 0 bridgehead atoms. The largest absolute Gasteiger partial charge is 0.485 e. The third-order valence-corrected chi connectivity index (χ3v) is 5.49. The molecule has 31 heavy (non-hydrogen) atoms. The van der Waals surface area contributed by atoms with E-state index in [-0.39, 0.29) is 18.3 Å². The molecule has 0 spiro atoms. The molecule has 0 saturated heterocycles. The van der Waals surface area contributed by atoms with Crippen molar-refractivity contribution in [2.45, 2.75) is 23.6 Å². The maximum Gasteiger partial charge on any atom is 0.200 e. The first-order valence-electron chi connectivity index (χ1n) is 8.98. The van der Waals surface area contributed by atoms with Crippen molar-refractivity contribution >= 4 is 11.8 Å². The van der Waals surface area contributed by atoms with Crippen molar-refractivity contribution in [2.75, 3.05) is 6.61 Å². The van der Waals surface area contributed by atoms with Gasteiger partial charge in [0.2, 0.25) is 5.82 Å². The van der Waals surface area contributed by atoms with Gasteiger partial charge in [-0.3, -0.25) is 4.57 Å². The lowest BCUT2D eigenvalue weighted by Crippen LogP contribution is -2.25. The summed E-state index contributed by atoms with van der Waals surface area (Å²) in [4.78, 5) is 0. The SMILES string of the molecule is C=CCn1c(SCc2c(F)c(F)c(F)c(F)c2F)nnc1C1COc2ccccc2O1. The number of hydrogen-bond donors (Lipinski definition) is 0. The van der Waals surface area contributed by atoms with Crippen molar-refractivity contribution in [1.82, 2.24) is 14.8 Å². The molecule has 2 heterocycles. The summed E-state index contributed by atoms with van der Waals surface area (Å²) in [7, 11) is 0. The van der Waals surface area contributed by atoms with Crippen molar-refractivity contribution in [1.29, 1.82) is 0 Å². The molecule has 0 saturated carbocycles. The molecular formula is C20H14F5N3O2S. The minimum absolute atomic E-state index is 0.147. The maximum absolute atomic E-state index is 14.0. The number of para-hydroxylation sites is 2. The smallest absolute Gasteiger partial charge is 0.200 e. The van der Waals surface area contributed by atoms with Crippen molar-refractivity contribution in [3.63, 3.8) is 0 Å². The Kier molecular flexibility index (Phi) is 5.86. The molecule has 1 atom stereocenters. The topological polar surface area (TPSA) is 49.2 Å². The Hall–Kier alpha value is -3.08. The molecule has 1 unspecified atom stereocenters. The van der Waals surface area contributed by atoms with E-state index in [9.17, 15) is 22.0 Å². The van der Waals surface area contributed by atoms with E-state index in [4.69, 9.17) is 9.47 Å². The fraction of sp³-hybridized carbons (Fsp3) is 0.200. The third kappa shape index (κ3) is 3.85. The first kappa shape index (κ1) is 21.2. The van der Waals surface area contributed by atoms with Gasteiger partial charge in [0.1, 0.15) is 6.61 Å². The van der Waals surface area contributed by atoms with Gasteiger partial charge in [-0.05, 0) is 12.1 Å². The number of fused-ring (bicyclic) bond motifs is 1. The lowest BCUT2D eigenvalue weighted by molar-refractivity contribution is 0.0821. The standard InChI is InChI=1S/C20H14F5N3O2S/c1-2-7-28-19(13-8-29-11-5-3-4-6-12(11)30-13)26-27-20(28)31-9-10-14(21)16(23)18(25)17(24)15(10)22/h2-6,13H,1,7-9H2. The molecule has 5 nitrogen and oxygen atoms in total. The third-order valence-electron chi connectivity index (χ3n) is 4.50. The number of allylic oxidation sites excluding steroid dienone is 1. The van der Waals surface area contributed by atoms with Gasteiger partial charge in [-0.15, -0.1) is 16.8 Å². The van der Waals surface area contributed by atoms with Crippen LogP contribution in [-0.4, -0.2) is 21.4 Å². The average molecular weight is 455 g/mol. The van der Waals surface area contributed by atoms with Gasteiger partial charge in [0.05, 0.1) is 0 Å². The monoisotopic (exact) mass is 455 g/mol. The van der Waals surface area contributed by atoms with Gasteiger partial charge in [0.25, 0.3) is 0 Å². The van der Waals surface area contributed by atoms with Crippen molar-refractivity contribution in [2.24, 2.45) is 0 Å². The minimum atomic E-state index is -2.20. The number of aromatic nitrogens is 3. The molecule has 3 aromatic rings. The highest BCUT2D eigenvalue weighted by molar-refractivity contribution is 7.98. The van der Waals surface area contributed by atoms with Gasteiger partial charge in [-0.25, -0.2) is 22.0 Å². The number of ether oxygens (including phenoxy) is 2. The Bertz CT molecular complexity index is 1130. The van der Waals surface area contributed by atoms with E-state index in [1.165, 1.54) is 0 Å². The van der Waals surface area contributed by atoms with E-state index in [1.807, 2.05) is 0 Å². The van der Waals surface area contributed by atoms with Gasteiger partial charge >= 0.3 is 0 Å². The molecular weight excluding hydrogens is 441 g/mol. The number of halogens is 5. The van der Waals surface area contributed by atoms with E-state index in [1.54, 1.807) is 34.9 Å². The highest BCUT2D eigenvalue weighted by atomic mass is 32.2. The van der Waals surface area contributed by atoms with Crippen LogP contribution in [0.4, 0.5) is 22.0 Å². The minimum Gasteiger partial charge on any atom is -0.485 e. The predicted molar refractivity (Wildman–Crippen MR) is 101 cm³/mol. The number of thioether (sulfide) groups is 1. The van der Waals surface area contributed by atoms with E-state index in [0.717, 1.165) is 11.8 Å². The van der Waals surface area contributed by atoms with Crippen molar-refractivity contribution in [3.05, 3.63) is 77.4 Å². The summed E-state index contributed by atoms with van der Waals surface area (Å²) < 4.78 is 81.2. The van der Waals surface area contributed by atoms with E-state index in [0.29, 0.717) is 17.3 Å². The molecule has 0 fully saturated rings. The lowest BCUT2D eigenvalue weighted by Gasteiger charge is -2.26. The summed E-state index contributed by atoms with van der Waals surface area (Å²) in [5.74, 6) is -9.02. The summed E-state index contributed by atoms with van der Waals surface area (Å²) in [5, 5.41) is 8.27. The van der Waals surface area contributed by atoms with E-state index in [2.05, 4.69) is 16.8 Å². The summed E-state index contributed by atoms with van der Waals surface area (Å²) in [5.41, 5.74) is -0.942. The van der Waals surface area contributed by atoms with Crippen LogP contribution in [0.15, 0.2) is 42.1 Å². The summed E-state index contributed by atoms with van der Waals surface area (Å²) in [6.07, 6.45) is 0.929. The number of nitrogens with zero attached hydrogens (tertiary/aromatic N) is 3. The van der Waals surface area contributed by atoms with Crippen LogP contribution in [0.3, 0.4) is 0 Å². The molecule has 11 heteroatoms. The van der Waals surface area contributed by atoms with Gasteiger partial charge in [-0.2, -0.15) is 0 Å². The average Bonchev–Trinajstić information content (AvgIpc) is 3.19. The van der Waals surface area contributed by atoms with Crippen LogP contribution in [0.25, 0.3) is 0 Å². The molecule has 1 aliphatic heterocycles. The zero-order valence-corrected chi connectivity index (χ0v) is 16.6. The lowest BCUT2D eigenvalue weighted by atomic mass is 10.2. The van der Waals surface area contributed by atoms with E-state index < -0.39 is 46.5 Å². The van der Waals surface area contributed by atoms with Crippen LogP contribution in [0.1, 0.15) is 17.5 Å². The Morgan fingerprint density at radius 3 is 2.32 bits per heavy atom. The second kappa shape index (κ2) is 8.58. The zero-order chi connectivity index (χ0) is 22.1. The molecule has 0 radical (unpaired) electrons. The molecule has 162 valence electrons. The zero-order valence-electron chi connectivity index (χ0n) is 15.7. The first-order chi connectivity index (χ1) is 14.9. The number of rotatable bonds is 6. The number of hydrogen-bond acceptors (Lipinski definition) is 5. The fourth-order valence-electron chi connectivity index (χ4n) is 3.01. The molecule has 2 aromatic carbocycles. The second-order valence-corrected chi connectivity index (χ2v) is 7.38. The van der Waals surface area contributed by atoms with Crippen LogP contribution >= 0.6 is 11.8 Å². The molecule has 4 rings (SSSR count). The van der Waals surface area contributed by atoms with Crippen LogP contribution < -0.4 is 9.47 Å². The number of benzene rings is 2. The molecule has 0 N–H and O–H groups in total. The van der Waals surface area contributed by atoms with Crippen LogP contribution in [0.5, 0.6) is 11.5 Å². The predicted octanol–water partition coefficient (Wildman–Crippen LogP) is 4.96. The van der Waals surface area contributed by atoms with Gasteiger partial charge in [0, 0.05) is 17.9 Å². The maximum atomic E-state index is 14.0. The Morgan fingerprint density at radius 1 is 1.00 bits per heavy atom. The normalized spacial score (nSPS) is 15.2. The van der Waals surface area contributed by atoms with Crippen LogP contribution in [0, 0.1) is 29.1 Å². The fourth-order valence-corrected chi connectivity index (χ4v) is 3.96. The van der Waals surface area contributed by atoms with Crippen molar-refractivity contribution in [3.8, 4) is 11.5 Å².